The number of epoxide rings is 1. The number of esters is 2. The Morgan fingerprint density at radius 2 is 2.04 bits per heavy atom. The molecule has 7 heteroatoms. The summed E-state index contributed by atoms with van der Waals surface area (Å²) in [5.41, 5.74) is -1.73. The molecule has 23 heavy (non-hydrogen) atoms. The third kappa shape index (κ3) is 1.56. The summed E-state index contributed by atoms with van der Waals surface area (Å²) in [4.78, 5) is 38.2. The summed E-state index contributed by atoms with van der Waals surface area (Å²) in [6.07, 6.45) is 2.47. The number of ether oxygens (including phenoxy) is 4. The van der Waals surface area contributed by atoms with Crippen molar-refractivity contribution in [2.75, 3.05) is 14.2 Å². The third-order valence-electron chi connectivity index (χ3n) is 5.84. The van der Waals surface area contributed by atoms with Crippen LogP contribution in [-0.4, -0.2) is 43.8 Å². The second-order valence-electron chi connectivity index (χ2n) is 6.56. The van der Waals surface area contributed by atoms with Crippen molar-refractivity contribution in [3.63, 3.8) is 0 Å². The summed E-state index contributed by atoms with van der Waals surface area (Å²) in [5.74, 6) is -2.70. The van der Waals surface area contributed by atoms with Gasteiger partial charge in [0.15, 0.2) is 0 Å². The van der Waals surface area contributed by atoms with Crippen LogP contribution >= 0.6 is 0 Å². The summed E-state index contributed by atoms with van der Waals surface area (Å²) >= 11 is 0. The van der Waals surface area contributed by atoms with Crippen molar-refractivity contribution in [2.24, 2.45) is 17.3 Å². The minimum atomic E-state index is -1.37. The molecule has 5 atom stereocenters. The number of hydrogen-bond acceptors (Lipinski definition) is 7. The molecule has 1 saturated heterocycles. The largest absolute Gasteiger partial charge is 0.469 e. The standard InChI is InChI=1S/C16H18O7/c1-20-12(18)11-15-6-5-10(17)9-4-3-8(7-22-14(15)23-15)16(9,11)13(19)21-2/h7,9,11,14H,3-6H2,1-2H3/t9-,11-,14-,15-,16+/m0/s1. The summed E-state index contributed by atoms with van der Waals surface area (Å²) in [6.45, 7) is 0. The smallest absolute Gasteiger partial charge is 0.317 e. The van der Waals surface area contributed by atoms with Gasteiger partial charge in [-0.1, -0.05) is 0 Å². The molecule has 2 aliphatic heterocycles. The van der Waals surface area contributed by atoms with E-state index >= 15 is 0 Å². The molecule has 0 aromatic rings. The zero-order valence-electron chi connectivity index (χ0n) is 13.0. The first-order chi connectivity index (χ1) is 11.0. The molecule has 0 amide bonds. The van der Waals surface area contributed by atoms with Crippen LogP contribution < -0.4 is 0 Å². The first-order valence-electron chi connectivity index (χ1n) is 7.74. The van der Waals surface area contributed by atoms with E-state index in [-0.39, 0.29) is 12.2 Å². The highest BCUT2D eigenvalue weighted by Crippen LogP contribution is 2.66. The van der Waals surface area contributed by atoms with E-state index in [2.05, 4.69) is 0 Å². The predicted octanol–water partition coefficient (Wildman–Crippen LogP) is 0.717. The average Bonchev–Trinajstić information content (AvgIpc) is 3.18. The van der Waals surface area contributed by atoms with E-state index in [0.717, 1.165) is 0 Å². The molecular weight excluding hydrogens is 304 g/mol. The Labute approximate surface area is 132 Å². The molecule has 1 spiro atoms. The van der Waals surface area contributed by atoms with E-state index in [9.17, 15) is 14.4 Å². The highest BCUT2D eigenvalue weighted by molar-refractivity contribution is 5.98. The Balaban J connectivity index is 2.01. The first kappa shape index (κ1) is 14.7. The van der Waals surface area contributed by atoms with Gasteiger partial charge in [-0.3, -0.25) is 14.4 Å². The number of carbonyl (C=O) groups excluding carboxylic acids is 3. The number of hydrogen-bond donors (Lipinski definition) is 0. The van der Waals surface area contributed by atoms with Crippen molar-refractivity contribution in [1.29, 1.82) is 0 Å². The second-order valence-corrected chi connectivity index (χ2v) is 6.56. The van der Waals surface area contributed by atoms with Crippen LogP contribution in [0.15, 0.2) is 11.8 Å². The van der Waals surface area contributed by atoms with Crippen molar-refractivity contribution in [2.45, 2.75) is 37.6 Å². The van der Waals surface area contributed by atoms with Gasteiger partial charge in [0.25, 0.3) is 0 Å². The Kier molecular flexibility index (Phi) is 2.91. The van der Waals surface area contributed by atoms with Crippen LogP contribution in [0.4, 0.5) is 0 Å². The predicted molar refractivity (Wildman–Crippen MR) is 73.7 cm³/mol. The lowest BCUT2D eigenvalue weighted by Crippen LogP contribution is -2.53. The zero-order chi connectivity index (χ0) is 16.4. The summed E-state index contributed by atoms with van der Waals surface area (Å²) < 4.78 is 21.4. The van der Waals surface area contributed by atoms with Gasteiger partial charge in [0.05, 0.1) is 20.5 Å². The summed E-state index contributed by atoms with van der Waals surface area (Å²) in [6, 6.07) is 0. The van der Waals surface area contributed by atoms with Crippen molar-refractivity contribution < 1.29 is 33.3 Å². The number of carbonyl (C=O) groups is 3. The summed E-state index contributed by atoms with van der Waals surface area (Å²) in [5, 5.41) is 0. The number of ketones is 1. The van der Waals surface area contributed by atoms with Gasteiger partial charge < -0.3 is 18.9 Å². The van der Waals surface area contributed by atoms with Crippen LogP contribution in [0, 0.1) is 17.3 Å². The van der Waals surface area contributed by atoms with Crippen molar-refractivity contribution >= 4 is 17.7 Å². The molecule has 0 radical (unpaired) electrons. The first-order valence-corrected chi connectivity index (χ1v) is 7.74. The molecule has 3 fully saturated rings. The van der Waals surface area contributed by atoms with Gasteiger partial charge in [0.1, 0.15) is 22.7 Å². The van der Waals surface area contributed by atoms with E-state index in [1.807, 2.05) is 0 Å². The molecule has 0 N–H and O–H groups in total. The maximum absolute atomic E-state index is 12.9. The third-order valence-corrected chi connectivity index (χ3v) is 5.84. The lowest BCUT2D eigenvalue weighted by molar-refractivity contribution is -0.170. The SMILES string of the molecule is COC(=O)[C@H]1[C@@]23CCC(=O)[C@@H]4CCC(=CO[C@H]2O3)[C@@]41C(=O)OC. The fourth-order valence-electron chi connectivity index (χ4n) is 4.83. The molecule has 0 aromatic carbocycles. The molecule has 2 saturated carbocycles. The molecule has 4 aliphatic rings. The van der Waals surface area contributed by atoms with Gasteiger partial charge in [-0.05, 0) is 24.8 Å². The Hall–Kier alpha value is -1.89. The Morgan fingerprint density at radius 3 is 2.74 bits per heavy atom. The number of Topliss-reactive ketones (excluding diaryl/α,β-unsaturated/α-hetero) is 1. The molecule has 0 unspecified atom stereocenters. The number of methoxy groups -OCH3 is 2. The highest BCUT2D eigenvalue weighted by Gasteiger charge is 2.79. The fraction of sp³-hybridized carbons (Fsp3) is 0.688. The molecule has 7 nitrogen and oxygen atoms in total. The fourth-order valence-corrected chi connectivity index (χ4v) is 4.83. The van der Waals surface area contributed by atoms with Gasteiger partial charge >= 0.3 is 11.9 Å². The normalized spacial score (nSPS) is 43.3. The monoisotopic (exact) mass is 322 g/mol. The lowest BCUT2D eigenvalue weighted by Gasteiger charge is -2.37. The van der Waals surface area contributed by atoms with Gasteiger partial charge in [-0.25, -0.2) is 0 Å². The van der Waals surface area contributed by atoms with Crippen LogP contribution in [0.1, 0.15) is 25.7 Å². The Bertz CT molecular complexity index is 638. The quantitative estimate of drug-likeness (QED) is 0.546. The van der Waals surface area contributed by atoms with Crippen LogP contribution in [0.2, 0.25) is 0 Å². The van der Waals surface area contributed by atoms with E-state index in [4.69, 9.17) is 18.9 Å². The van der Waals surface area contributed by atoms with Gasteiger partial charge in [0.2, 0.25) is 6.29 Å². The van der Waals surface area contributed by atoms with E-state index in [1.54, 1.807) is 0 Å². The molecule has 2 heterocycles. The maximum Gasteiger partial charge on any atom is 0.317 e. The van der Waals surface area contributed by atoms with Gasteiger partial charge in [-0.2, -0.15) is 0 Å². The van der Waals surface area contributed by atoms with Crippen molar-refractivity contribution in [1.82, 2.24) is 0 Å². The average molecular weight is 322 g/mol. The van der Waals surface area contributed by atoms with Crippen molar-refractivity contribution in [3.05, 3.63) is 11.8 Å². The van der Waals surface area contributed by atoms with Crippen LogP contribution in [0.3, 0.4) is 0 Å². The minimum absolute atomic E-state index is 0.0271. The summed E-state index contributed by atoms with van der Waals surface area (Å²) in [7, 11) is 2.54. The second kappa shape index (κ2) is 4.56. The molecular formula is C16H18O7. The molecule has 2 aliphatic carbocycles. The van der Waals surface area contributed by atoms with Crippen molar-refractivity contribution in [3.8, 4) is 0 Å². The molecule has 2 bridgehead atoms. The van der Waals surface area contributed by atoms with E-state index in [1.165, 1.54) is 20.5 Å². The van der Waals surface area contributed by atoms with Crippen LogP contribution in [0.5, 0.6) is 0 Å². The molecule has 124 valence electrons. The van der Waals surface area contributed by atoms with Gasteiger partial charge in [0, 0.05) is 12.3 Å². The van der Waals surface area contributed by atoms with Crippen LogP contribution in [-0.2, 0) is 33.3 Å². The topological polar surface area (TPSA) is 91.4 Å². The van der Waals surface area contributed by atoms with Gasteiger partial charge in [-0.15, -0.1) is 0 Å². The minimum Gasteiger partial charge on any atom is -0.469 e. The van der Waals surface area contributed by atoms with E-state index < -0.39 is 41.1 Å². The molecule has 4 rings (SSSR count). The Morgan fingerprint density at radius 1 is 1.26 bits per heavy atom. The number of rotatable bonds is 2. The van der Waals surface area contributed by atoms with E-state index in [0.29, 0.717) is 24.8 Å². The van der Waals surface area contributed by atoms with Crippen LogP contribution in [0.25, 0.3) is 0 Å². The molecule has 0 aromatic heterocycles. The highest BCUT2D eigenvalue weighted by atomic mass is 16.8. The lowest BCUT2D eigenvalue weighted by atomic mass is 9.62. The maximum atomic E-state index is 12.9. The zero-order valence-corrected chi connectivity index (χ0v) is 13.0.